The maximum absolute atomic E-state index is 13.9. The average molecular weight is 754 g/mol. The van der Waals surface area contributed by atoms with Crippen molar-refractivity contribution in [1.29, 1.82) is 0 Å². The van der Waals surface area contributed by atoms with Gasteiger partial charge in [-0.1, -0.05) is 50.3 Å². The van der Waals surface area contributed by atoms with Gasteiger partial charge in [0.1, 0.15) is 18.5 Å². The molecular weight excluding hydrogens is 706 g/mol. The number of ketones is 2. The second-order valence-corrected chi connectivity index (χ2v) is 12.9. The molecule has 1 heterocycles. The number of fused-ring (bicyclic) bond motifs is 2. The number of alkyl carbamates (subject to hydrolysis) is 1. The standard InChI is InChI=1S/C38H47N3O13/c1-20-14-27-32(41-38(49)52-19-24-10-12-26(13-11-24)53-23(4)43)29(44)17-28(34(27)46)40-36(47)21(2)8-7-9-30(50-5)35(54-37(39)48)25(18-42)16-22(3)33(45)31(15-20)51-6/h7-13,16-17,20,22,30-31,33,35,42,45H,14-15,18-19H2,1-6H3,(H2,39,48)(H,40,47)(H,41,49)/b9-7-,21-8+,25-16+/t20-,22+,30+,31+,33-,35+/m1/s1. The average Bonchev–Trinajstić information content (AvgIpc) is 3.12. The Hall–Kier alpha value is -5.42. The van der Waals surface area contributed by atoms with E-state index in [1.165, 1.54) is 64.5 Å². The molecule has 54 heavy (non-hydrogen) atoms. The first-order valence-electron chi connectivity index (χ1n) is 17.0. The number of carbonyl (C=O) groups excluding carboxylic acids is 6. The molecule has 3 amide bonds. The number of benzene rings is 1. The molecule has 0 spiro atoms. The first kappa shape index (κ1) is 43.0. The number of rotatable bonds is 8. The Labute approximate surface area is 312 Å². The number of carbonyl (C=O) groups is 6. The van der Waals surface area contributed by atoms with Crippen molar-refractivity contribution >= 4 is 35.6 Å². The molecule has 16 nitrogen and oxygen atoms in total. The number of amides is 3. The molecule has 1 aromatic carbocycles. The Bertz CT molecular complexity index is 1740. The van der Waals surface area contributed by atoms with Crippen LogP contribution in [0.1, 0.15) is 46.1 Å². The monoisotopic (exact) mass is 753 g/mol. The van der Waals surface area contributed by atoms with Crippen molar-refractivity contribution in [2.45, 2.75) is 71.6 Å². The molecule has 0 saturated carbocycles. The quantitative estimate of drug-likeness (QED) is 0.111. The fourth-order valence-electron chi connectivity index (χ4n) is 5.83. The Morgan fingerprint density at radius 1 is 1.06 bits per heavy atom. The van der Waals surface area contributed by atoms with E-state index >= 15 is 0 Å². The van der Waals surface area contributed by atoms with Crippen LogP contribution in [0.4, 0.5) is 9.59 Å². The summed E-state index contributed by atoms with van der Waals surface area (Å²) in [6.45, 7) is 5.31. The predicted molar refractivity (Wildman–Crippen MR) is 192 cm³/mol. The largest absolute Gasteiger partial charge is 0.444 e. The van der Waals surface area contributed by atoms with E-state index in [0.29, 0.717) is 11.3 Å². The van der Waals surface area contributed by atoms with Gasteiger partial charge in [-0.25, -0.2) is 9.59 Å². The van der Waals surface area contributed by atoms with E-state index in [1.54, 1.807) is 26.0 Å². The van der Waals surface area contributed by atoms with Crippen molar-refractivity contribution in [3.8, 4) is 5.75 Å². The zero-order valence-electron chi connectivity index (χ0n) is 31.0. The van der Waals surface area contributed by atoms with Crippen molar-refractivity contribution in [3.05, 3.63) is 88.3 Å². The lowest BCUT2D eigenvalue weighted by molar-refractivity contribution is -0.132. The number of primary amides is 1. The number of aliphatic hydroxyl groups excluding tert-OH is 2. The smallest absolute Gasteiger partial charge is 0.412 e. The fourth-order valence-corrected chi connectivity index (χ4v) is 5.83. The van der Waals surface area contributed by atoms with Crippen molar-refractivity contribution in [2.24, 2.45) is 17.6 Å². The first-order valence-corrected chi connectivity index (χ1v) is 17.0. The van der Waals surface area contributed by atoms with Crippen LogP contribution in [-0.4, -0.2) is 91.1 Å². The number of hydrogen-bond acceptors (Lipinski definition) is 13. The molecule has 0 fully saturated rings. The maximum atomic E-state index is 13.9. The van der Waals surface area contributed by atoms with Crippen LogP contribution in [-0.2, 0) is 44.7 Å². The minimum atomic E-state index is -1.21. The summed E-state index contributed by atoms with van der Waals surface area (Å²) >= 11 is 0. The molecule has 0 unspecified atom stereocenters. The van der Waals surface area contributed by atoms with Gasteiger partial charge < -0.3 is 44.9 Å². The zero-order chi connectivity index (χ0) is 40.1. The number of allylic oxidation sites excluding steroid dienone is 4. The fraction of sp³-hybridized carbons (Fsp3) is 0.421. The van der Waals surface area contributed by atoms with Gasteiger partial charge in [-0.15, -0.1) is 0 Å². The normalized spacial score (nSPS) is 27.0. The van der Waals surface area contributed by atoms with Crippen LogP contribution in [0, 0.1) is 11.8 Å². The number of Topliss-reactive ketones (excluding diaryl/α,β-unsaturated/α-hetero) is 1. The third-order valence-corrected chi connectivity index (χ3v) is 8.63. The van der Waals surface area contributed by atoms with Gasteiger partial charge in [-0.2, -0.15) is 0 Å². The van der Waals surface area contributed by atoms with Crippen LogP contribution in [0.2, 0.25) is 0 Å². The molecule has 0 aromatic heterocycles. The maximum Gasteiger partial charge on any atom is 0.412 e. The van der Waals surface area contributed by atoms with Crippen LogP contribution >= 0.6 is 0 Å². The first-order chi connectivity index (χ1) is 25.6. The van der Waals surface area contributed by atoms with E-state index < -0.39 is 78.5 Å². The summed E-state index contributed by atoms with van der Waals surface area (Å²) in [5, 5.41) is 26.5. The molecule has 3 rings (SSSR count). The summed E-state index contributed by atoms with van der Waals surface area (Å²) < 4.78 is 26.7. The van der Waals surface area contributed by atoms with Crippen LogP contribution in [0.3, 0.4) is 0 Å². The highest BCUT2D eigenvalue weighted by Crippen LogP contribution is 2.29. The molecule has 1 aromatic rings. The van der Waals surface area contributed by atoms with Gasteiger partial charge in [0.25, 0.3) is 5.91 Å². The van der Waals surface area contributed by atoms with Crippen molar-refractivity contribution in [2.75, 3.05) is 20.8 Å². The minimum Gasteiger partial charge on any atom is -0.444 e. The van der Waals surface area contributed by atoms with Crippen LogP contribution in [0.25, 0.3) is 0 Å². The van der Waals surface area contributed by atoms with Crippen LogP contribution < -0.4 is 21.1 Å². The predicted octanol–water partition coefficient (Wildman–Crippen LogP) is 2.59. The van der Waals surface area contributed by atoms with Gasteiger partial charge in [0, 0.05) is 44.3 Å². The number of ether oxygens (including phenoxy) is 5. The Balaban J connectivity index is 2.00. The minimum absolute atomic E-state index is 0.0920. The topological polar surface area (TPSA) is 239 Å². The molecule has 292 valence electrons. The van der Waals surface area contributed by atoms with E-state index in [0.717, 1.165) is 6.08 Å². The van der Waals surface area contributed by atoms with Crippen LogP contribution in [0.5, 0.6) is 5.75 Å². The summed E-state index contributed by atoms with van der Waals surface area (Å²) in [7, 11) is 2.72. The zero-order valence-corrected chi connectivity index (χ0v) is 31.0. The molecule has 0 saturated heterocycles. The van der Waals surface area contributed by atoms with Crippen molar-refractivity contribution in [1.82, 2.24) is 10.6 Å². The molecule has 2 bridgehead atoms. The lowest BCUT2D eigenvalue weighted by atomic mass is 9.85. The highest BCUT2D eigenvalue weighted by molar-refractivity contribution is 6.24. The number of nitrogens with one attached hydrogen (secondary N) is 2. The highest BCUT2D eigenvalue weighted by atomic mass is 16.6. The van der Waals surface area contributed by atoms with Gasteiger partial charge >= 0.3 is 18.2 Å². The molecule has 1 aliphatic heterocycles. The number of aliphatic hydroxyl groups is 2. The molecule has 0 radical (unpaired) electrons. The summed E-state index contributed by atoms with van der Waals surface area (Å²) in [4.78, 5) is 76.5. The Morgan fingerprint density at radius 3 is 2.33 bits per heavy atom. The van der Waals surface area contributed by atoms with Gasteiger partial charge in [-0.3, -0.25) is 24.5 Å². The Morgan fingerprint density at radius 2 is 1.74 bits per heavy atom. The molecule has 6 atom stereocenters. The number of nitrogens with two attached hydrogens (primary N) is 1. The van der Waals surface area contributed by atoms with Gasteiger partial charge in [0.2, 0.25) is 11.6 Å². The summed E-state index contributed by atoms with van der Waals surface area (Å²) in [6.07, 6.45) is 0.346. The second kappa shape index (κ2) is 20.1. The molecule has 16 heteroatoms. The Kier molecular flexibility index (Phi) is 16.0. The van der Waals surface area contributed by atoms with Gasteiger partial charge in [0.05, 0.1) is 30.2 Å². The molecule has 2 aliphatic rings. The molecular formula is C38H47N3O13. The summed E-state index contributed by atoms with van der Waals surface area (Å²) in [5.74, 6) is -3.56. The molecule has 1 aliphatic carbocycles. The highest BCUT2D eigenvalue weighted by Gasteiger charge is 2.34. The van der Waals surface area contributed by atoms with E-state index in [-0.39, 0.29) is 47.6 Å². The summed E-state index contributed by atoms with van der Waals surface area (Å²) in [5.41, 5.74) is 5.38. The van der Waals surface area contributed by atoms with E-state index in [4.69, 9.17) is 29.4 Å². The lowest BCUT2D eigenvalue weighted by Gasteiger charge is -2.30. The third-order valence-electron chi connectivity index (χ3n) is 8.63. The third kappa shape index (κ3) is 12.1. The van der Waals surface area contributed by atoms with Crippen molar-refractivity contribution in [3.63, 3.8) is 0 Å². The van der Waals surface area contributed by atoms with E-state index in [9.17, 15) is 39.0 Å². The second-order valence-electron chi connectivity index (χ2n) is 12.9. The summed E-state index contributed by atoms with van der Waals surface area (Å²) in [6, 6.07) is 6.19. The SMILES string of the molecule is CO[C@H]1/C=C\C=C(/C)C(=O)NC2=CC(=O)C(NC(=O)OCc3ccc(OC(C)=O)cc3)=C(C[C@@H](C)C[C@H](OC)[C@H](O)[C@@H](C)/C=C(\CO)[C@@H]1OC(N)=O)C2=O. The lowest BCUT2D eigenvalue weighted by Crippen LogP contribution is -2.39. The number of methoxy groups -OCH3 is 2. The number of esters is 1. The van der Waals surface area contributed by atoms with Gasteiger partial charge in [0.15, 0.2) is 6.10 Å². The van der Waals surface area contributed by atoms with E-state index in [2.05, 4.69) is 10.6 Å². The number of hydrogen-bond donors (Lipinski definition) is 5. The van der Waals surface area contributed by atoms with Crippen LogP contribution in [0.15, 0.2) is 82.8 Å². The van der Waals surface area contributed by atoms with Crippen molar-refractivity contribution < 1.29 is 62.7 Å². The van der Waals surface area contributed by atoms with Gasteiger partial charge in [-0.05, 0) is 49.0 Å². The van der Waals surface area contributed by atoms with E-state index in [1.807, 2.05) is 0 Å². The molecule has 6 N–H and O–H groups in total.